The van der Waals surface area contributed by atoms with Crippen molar-refractivity contribution in [2.75, 3.05) is 19.5 Å². The van der Waals surface area contributed by atoms with Crippen LogP contribution in [0.1, 0.15) is 5.56 Å². The first-order valence-electron chi connectivity index (χ1n) is 7.83. The van der Waals surface area contributed by atoms with E-state index in [0.29, 0.717) is 12.5 Å². The first kappa shape index (κ1) is 15.2. The number of nitrogens with zero attached hydrogens (tertiary/aromatic N) is 4. The molecule has 0 amide bonds. The van der Waals surface area contributed by atoms with E-state index in [0.717, 1.165) is 33.6 Å². The molecule has 126 valence electrons. The number of benzene rings is 2. The molecule has 0 bridgehead atoms. The van der Waals surface area contributed by atoms with Gasteiger partial charge in [-0.25, -0.2) is 4.98 Å². The molecule has 0 radical (unpaired) electrons. The van der Waals surface area contributed by atoms with Gasteiger partial charge in [-0.05, 0) is 30.3 Å². The number of hydrogen-bond acceptors (Lipinski definition) is 6. The van der Waals surface area contributed by atoms with Crippen LogP contribution in [-0.2, 0) is 6.54 Å². The van der Waals surface area contributed by atoms with Crippen molar-refractivity contribution in [1.29, 1.82) is 0 Å². The number of methoxy groups -OCH3 is 2. The predicted molar refractivity (Wildman–Crippen MR) is 95.2 cm³/mol. The zero-order valence-corrected chi connectivity index (χ0v) is 13.9. The number of fused-ring (bicyclic) bond motifs is 3. The van der Waals surface area contributed by atoms with E-state index in [2.05, 4.69) is 20.5 Å². The van der Waals surface area contributed by atoms with Gasteiger partial charge >= 0.3 is 0 Å². The summed E-state index contributed by atoms with van der Waals surface area (Å²) in [7, 11) is 3.29. The summed E-state index contributed by atoms with van der Waals surface area (Å²) in [5.74, 6) is 2.23. The fourth-order valence-corrected chi connectivity index (χ4v) is 2.82. The number of para-hydroxylation sites is 1. The largest absolute Gasteiger partial charge is 0.497 e. The Kier molecular flexibility index (Phi) is 3.81. The quantitative estimate of drug-likeness (QED) is 0.604. The maximum atomic E-state index is 5.43. The summed E-state index contributed by atoms with van der Waals surface area (Å²) in [4.78, 5) is 4.69. The average molecular weight is 335 g/mol. The lowest BCUT2D eigenvalue weighted by atomic mass is 10.2. The second kappa shape index (κ2) is 6.27. The van der Waals surface area contributed by atoms with E-state index in [1.807, 2.05) is 46.9 Å². The molecule has 4 aromatic rings. The minimum atomic E-state index is 0.527. The Morgan fingerprint density at radius 2 is 1.96 bits per heavy atom. The van der Waals surface area contributed by atoms with Gasteiger partial charge in [0.25, 0.3) is 0 Å². The van der Waals surface area contributed by atoms with Crippen molar-refractivity contribution < 1.29 is 9.47 Å². The lowest BCUT2D eigenvalue weighted by molar-refractivity contribution is 0.399. The SMILES string of the molecule is COc1ccc(OC)c(CNc2nc3ccccc3c3nncn23)c1. The van der Waals surface area contributed by atoms with E-state index in [9.17, 15) is 0 Å². The molecule has 1 N–H and O–H groups in total. The van der Waals surface area contributed by atoms with Crippen LogP contribution in [0.2, 0.25) is 0 Å². The zero-order chi connectivity index (χ0) is 17.2. The molecular formula is C18H17N5O2. The molecule has 2 aromatic heterocycles. The summed E-state index contributed by atoms with van der Waals surface area (Å²) >= 11 is 0. The number of ether oxygens (including phenoxy) is 2. The second-order valence-corrected chi connectivity index (χ2v) is 5.51. The van der Waals surface area contributed by atoms with Crippen molar-refractivity contribution in [1.82, 2.24) is 19.6 Å². The van der Waals surface area contributed by atoms with Crippen molar-refractivity contribution >= 4 is 22.5 Å². The smallest absolute Gasteiger partial charge is 0.210 e. The highest BCUT2D eigenvalue weighted by Crippen LogP contribution is 2.25. The Morgan fingerprint density at radius 1 is 1.08 bits per heavy atom. The first-order chi connectivity index (χ1) is 12.3. The summed E-state index contributed by atoms with van der Waals surface area (Å²) in [5.41, 5.74) is 2.60. The average Bonchev–Trinajstić information content (AvgIpc) is 3.16. The third-order valence-electron chi connectivity index (χ3n) is 4.07. The van der Waals surface area contributed by atoms with E-state index < -0.39 is 0 Å². The third-order valence-corrected chi connectivity index (χ3v) is 4.07. The topological polar surface area (TPSA) is 73.6 Å². The number of hydrogen-bond donors (Lipinski definition) is 1. The summed E-state index contributed by atoms with van der Waals surface area (Å²) < 4.78 is 12.6. The highest BCUT2D eigenvalue weighted by atomic mass is 16.5. The second-order valence-electron chi connectivity index (χ2n) is 5.51. The van der Waals surface area contributed by atoms with Gasteiger partial charge < -0.3 is 14.8 Å². The Bertz CT molecular complexity index is 1040. The maximum Gasteiger partial charge on any atom is 0.210 e. The van der Waals surface area contributed by atoms with Gasteiger partial charge in [-0.1, -0.05) is 12.1 Å². The Hall–Kier alpha value is -3.35. The van der Waals surface area contributed by atoms with Crippen LogP contribution >= 0.6 is 0 Å². The van der Waals surface area contributed by atoms with Gasteiger partial charge in [0, 0.05) is 17.5 Å². The molecule has 0 saturated heterocycles. The van der Waals surface area contributed by atoms with E-state index in [1.165, 1.54) is 0 Å². The van der Waals surface area contributed by atoms with Crippen molar-refractivity contribution in [3.63, 3.8) is 0 Å². The minimum absolute atomic E-state index is 0.527. The minimum Gasteiger partial charge on any atom is -0.497 e. The summed E-state index contributed by atoms with van der Waals surface area (Å²) in [6, 6.07) is 13.6. The molecule has 0 aliphatic rings. The number of anilines is 1. The van der Waals surface area contributed by atoms with Gasteiger partial charge in [0.2, 0.25) is 5.95 Å². The predicted octanol–water partition coefficient (Wildman–Crippen LogP) is 2.91. The summed E-state index contributed by atoms with van der Waals surface area (Å²) in [6.45, 7) is 0.527. The number of nitrogens with one attached hydrogen (secondary N) is 1. The van der Waals surface area contributed by atoms with E-state index in [1.54, 1.807) is 20.5 Å². The molecule has 0 atom stereocenters. The fourth-order valence-electron chi connectivity index (χ4n) is 2.82. The van der Waals surface area contributed by atoms with Gasteiger partial charge in [-0.2, -0.15) is 0 Å². The molecule has 25 heavy (non-hydrogen) atoms. The Morgan fingerprint density at radius 3 is 2.80 bits per heavy atom. The molecule has 2 heterocycles. The van der Waals surface area contributed by atoms with Crippen LogP contribution in [0.25, 0.3) is 16.6 Å². The van der Waals surface area contributed by atoms with Gasteiger partial charge in [-0.3, -0.25) is 4.40 Å². The molecule has 0 unspecified atom stereocenters. The van der Waals surface area contributed by atoms with Crippen LogP contribution in [0.5, 0.6) is 11.5 Å². The Labute approximate surface area is 144 Å². The lowest BCUT2D eigenvalue weighted by Gasteiger charge is -2.13. The zero-order valence-electron chi connectivity index (χ0n) is 13.9. The molecule has 0 fully saturated rings. The van der Waals surface area contributed by atoms with Crippen LogP contribution in [0.15, 0.2) is 48.8 Å². The molecule has 7 nitrogen and oxygen atoms in total. The molecule has 0 spiro atoms. The van der Waals surface area contributed by atoms with Gasteiger partial charge in [-0.15, -0.1) is 10.2 Å². The van der Waals surface area contributed by atoms with Gasteiger partial charge in [0.1, 0.15) is 17.8 Å². The standard InChI is InChI=1S/C18H17N5O2/c1-24-13-7-8-16(25-2)12(9-13)10-19-18-21-15-6-4-3-5-14(15)17-22-20-11-23(17)18/h3-9,11H,10H2,1-2H3,(H,19,21). The van der Waals surface area contributed by atoms with Crippen molar-refractivity contribution in [3.05, 3.63) is 54.4 Å². The van der Waals surface area contributed by atoms with E-state index in [4.69, 9.17) is 9.47 Å². The highest BCUT2D eigenvalue weighted by Gasteiger charge is 2.11. The van der Waals surface area contributed by atoms with Gasteiger partial charge in [0.15, 0.2) is 5.65 Å². The summed E-state index contributed by atoms with van der Waals surface area (Å²) in [5, 5.41) is 12.5. The third kappa shape index (κ3) is 2.69. The first-order valence-corrected chi connectivity index (χ1v) is 7.83. The monoisotopic (exact) mass is 335 g/mol. The number of aromatic nitrogens is 4. The lowest BCUT2D eigenvalue weighted by Crippen LogP contribution is -2.08. The normalized spacial score (nSPS) is 11.0. The number of rotatable bonds is 5. The summed E-state index contributed by atoms with van der Waals surface area (Å²) in [6.07, 6.45) is 1.65. The van der Waals surface area contributed by atoms with Crippen LogP contribution in [0, 0.1) is 0 Å². The van der Waals surface area contributed by atoms with Gasteiger partial charge in [0.05, 0.1) is 19.7 Å². The molecule has 4 rings (SSSR count). The fraction of sp³-hybridized carbons (Fsp3) is 0.167. The Balaban J connectivity index is 1.72. The van der Waals surface area contributed by atoms with Crippen molar-refractivity contribution in [3.8, 4) is 11.5 Å². The van der Waals surface area contributed by atoms with Crippen molar-refractivity contribution in [2.45, 2.75) is 6.54 Å². The van der Waals surface area contributed by atoms with E-state index >= 15 is 0 Å². The maximum absolute atomic E-state index is 5.43. The van der Waals surface area contributed by atoms with Crippen LogP contribution in [0.3, 0.4) is 0 Å². The van der Waals surface area contributed by atoms with Crippen LogP contribution in [-0.4, -0.2) is 33.8 Å². The molecule has 0 aliphatic carbocycles. The molecular weight excluding hydrogens is 318 g/mol. The molecule has 7 heteroatoms. The van der Waals surface area contributed by atoms with Crippen LogP contribution in [0.4, 0.5) is 5.95 Å². The van der Waals surface area contributed by atoms with Crippen LogP contribution < -0.4 is 14.8 Å². The molecule has 0 aliphatic heterocycles. The molecule has 0 saturated carbocycles. The van der Waals surface area contributed by atoms with Crippen molar-refractivity contribution in [2.24, 2.45) is 0 Å². The van der Waals surface area contributed by atoms with E-state index in [-0.39, 0.29) is 0 Å². The molecule has 2 aromatic carbocycles. The highest BCUT2D eigenvalue weighted by molar-refractivity contribution is 5.92.